The first-order valence-corrected chi connectivity index (χ1v) is 15.1. The van der Waals surface area contributed by atoms with Crippen LogP contribution in [0.5, 0.6) is 0 Å². The van der Waals surface area contributed by atoms with Gasteiger partial charge in [0, 0.05) is 41.5 Å². The first-order chi connectivity index (χ1) is 22.4. The van der Waals surface area contributed by atoms with Crippen molar-refractivity contribution in [3.63, 3.8) is 0 Å². The van der Waals surface area contributed by atoms with Crippen LogP contribution in [0.3, 0.4) is 0 Å². The zero-order valence-corrected chi connectivity index (χ0v) is 24.7. The van der Waals surface area contributed by atoms with Crippen LogP contribution in [-0.2, 0) is 4.79 Å². The number of fused-ring (bicyclic) bond motifs is 1. The average molecular weight is 625 g/mol. The monoisotopic (exact) mass is 624 g/mol. The van der Waals surface area contributed by atoms with Gasteiger partial charge in [0.25, 0.3) is 0 Å². The molecule has 2 atom stereocenters. The zero-order valence-electron chi connectivity index (χ0n) is 23.9. The van der Waals surface area contributed by atoms with Crippen molar-refractivity contribution in [3.8, 4) is 34.9 Å². The minimum atomic E-state index is -0.563. The minimum absolute atomic E-state index is 0.353. The van der Waals surface area contributed by atoms with Crippen molar-refractivity contribution < 1.29 is 13.6 Å². The van der Waals surface area contributed by atoms with Gasteiger partial charge in [-0.1, -0.05) is 24.0 Å². The zero-order chi connectivity index (χ0) is 31.6. The lowest BCUT2D eigenvalue weighted by molar-refractivity contribution is -0.111. The maximum Gasteiger partial charge on any atom is 0.250 e. The molecule has 0 fully saturated rings. The van der Waals surface area contributed by atoms with Crippen molar-refractivity contribution in [1.82, 2.24) is 14.5 Å². The summed E-state index contributed by atoms with van der Waals surface area (Å²) in [4.78, 5) is 21.7. The van der Waals surface area contributed by atoms with Crippen LogP contribution < -0.4 is 10.6 Å². The van der Waals surface area contributed by atoms with Crippen LogP contribution in [-0.4, -0.2) is 25.7 Å². The van der Waals surface area contributed by atoms with Gasteiger partial charge >= 0.3 is 0 Å². The lowest BCUT2D eigenvalue weighted by atomic mass is 9.91. The van der Waals surface area contributed by atoms with E-state index < -0.39 is 11.2 Å². The molecule has 2 N–H and O–H groups in total. The number of nitrogens with zero attached hydrogens (tertiary/aromatic N) is 4. The SMILES string of the molecule is N#CC1C(c2ccnc(-n3ccnc3)c2)=CSC1C1=CC(=O)Nc2cc(-c3ccc(F)cc3)c(C#Cc3ccc(F)cc3)cc2N1. The second-order valence-electron chi connectivity index (χ2n) is 10.5. The Bertz CT molecular complexity index is 2140. The lowest BCUT2D eigenvalue weighted by Crippen LogP contribution is -2.21. The summed E-state index contributed by atoms with van der Waals surface area (Å²) in [5.41, 5.74) is 5.94. The van der Waals surface area contributed by atoms with Crippen LogP contribution in [0.2, 0.25) is 0 Å². The van der Waals surface area contributed by atoms with E-state index in [1.165, 1.54) is 42.1 Å². The number of carbonyl (C=O) groups excluding carboxylic acids is 1. The first kappa shape index (κ1) is 28.8. The number of halogens is 2. The molecule has 0 saturated carbocycles. The van der Waals surface area contributed by atoms with Crippen molar-refractivity contribution in [2.75, 3.05) is 10.6 Å². The van der Waals surface area contributed by atoms with Crippen molar-refractivity contribution in [3.05, 3.63) is 143 Å². The van der Waals surface area contributed by atoms with Gasteiger partial charge in [-0.3, -0.25) is 9.36 Å². The summed E-state index contributed by atoms with van der Waals surface area (Å²) in [5.74, 6) is 5.27. The predicted octanol–water partition coefficient (Wildman–Crippen LogP) is 7.16. The van der Waals surface area contributed by atoms with Crippen LogP contribution in [0.15, 0.2) is 115 Å². The molecule has 7 nitrogen and oxygen atoms in total. The average Bonchev–Trinajstić information content (AvgIpc) is 3.73. The molecule has 3 aromatic carbocycles. The fraction of sp³-hybridized carbons (Fsp3) is 0.0556. The van der Waals surface area contributed by atoms with Gasteiger partial charge in [0.15, 0.2) is 0 Å². The highest BCUT2D eigenvalue weighted by Crippen LogP contribution is 2.46. The molecule has 2 aliphatic rings. The first-order valence-electron chi connectivity index (χ1n) is 14.2. The van der Waals surface area contributed by atoms with Crippen LogP contribution in [0.25, 0.3) is 22.5 Å². The standard InChI is InChI=1S/C36H22F2N6OS/c37-26-7-2-22(3-8-26)1-4-24-15-31-32(17-28(24)23-5-9-27(38)10-6-23)43-35(45)18-33(42-31)36-29(19-39)30(20-46-36)25-11-12-41-34(16-25)44-14-13-40-21-44/h2-3,5-18,20-21,29,36,42H,(H,43,45). The van der Waals surface area contributed by atoms with E-state index in [1.54, 1.807) is 59.8 Å². The number of nitrogens with one attached hydrogen (secondary N) is 2. The van der Waals surface area contributed by atoms with Gasteiger partial charge in [-0.2, -0.15) is 5.26 Å². The normalized spacial score (nSPS) is 16.8. The maximum absolute atomic E-state index is 13.8. The molecule has 222 valence electrons. The van der Waals surface area contributed by atoms with Crippen LogP contribution >= 0.6 is 11.8 Å². The van der Waals surface area contributed by atoms with E-state index in [-0.39, 0.29) is 17.5 Å². The van der Waals surface area contributed by atoms with Crippen molar-refractivity contribution in [2.24, 2.45) is 5.92 Å². The minimum Gasteiger partial charge on any atom is -0.356 e. The summed E-state index contributed by atoms with van der Waals surface area (Å²) in [6.45, 7) is 0. The molecular weight excluding hydrogens is 603 g/mol. The number of allylic oxidation sites excluding steroid dienone is 1. The summed E-state index contributed by atoms with van der Waals surface area (Å²) in [6.07, 6.45) is 8.29. The Morgan fingerprint density at radius 3 is 2.37 bits per heavy atom. The van der Waals surface area contributed by atoms with Gasteiger partial charge in [0.1, 0.15) is 23.8 Å². The third-order valence-corrected chi connectivity index (χ3v) is 8.80. The molecule has 4 heterocycles. The van der Waals surface area contributed by atoms with Crippen molar-refractivity contribution in [1.29, 1.82) is 5.26 Å². The van der Waals surface area contributed by atoms with Gasteiger partial charge in [-0.15, -0.1) is 11.8 Å². The molecule has 7 rings (SSSR count). The third-order valence-electron chi connectivity index (χ3n) is 7.59. The number of nitriles is 1. The quantitative estimate of drug-likeness (QED) is 0.206. The second-order valence-corrected chi connectivity index (χ2v) is 11.5. The molecule has 2 aromatic heterocycles. The number of carbonyl (C=O) groups is 1. The third kappa shape index (κ3) is 5.77. The van der Waals surface area contributed by atoms with Crippen molar-refractivity contribution in [2.45, 2.75) is 5.25 Å². The number of imidazole rings is 1. The molecule has 10 heteroatoms. The number of thioether (sulfide) groups is 1. The van der Waals surface area contributed by atoms with E-state index in [0.717, 1.165) is 11.1 Å². The molecule has 1 amide bonds. The molecule has 5 aromatic rings. The lowest BCUT2D eigenvalue weighted by Gasteiger charge is -2.21. The molecule has 2 aliphatic heterocycles. The summed E-state index contributed by atoms with van der Waals surface area (Å²) >= 11 is 1.46. The molecule has 0 aliphatic carbocycles. The topological polar surface area (TPSA) is 95.6 Å². The summed E-state index contributed by atoms with van der Waals surface area (Å²) in [7, 11) is 0. The largest absolute Gasteiger partial charge is 0.356 e. The Labute approximate surface area is 267 Å². The highest BCUT2D eigenvalue weighted by atomic mass is 32.2. The van der Waals surface area contributed by atoms with Crippen molar-refractivity contribution >= 4 is 34.6 Å². The van der Waals surface area contributed by atoms with E-state index in [0.29, 0.717) is 45.1 Å². The molecule has 0 saturated heterocycles. The van der Waals surface area contributed by atoms with E-state index >= 15 is 0 Å². The Morgan fingerprint density at radius 2 is 1.63 bits per heavy atom. The van der Waals surface area contributed by atoms with Crippen LogP contribution in [0, 0.1) is 40.7 Å². The smallest absolute Gasteiger partial charge is 0.250 e. The number of amides is 1. The highest BCUT2D eigenvalue weighted by molar-refractivity contribution is 8.03. The second kappa shape index (κ2) is 12.2. The molecule has 0 bridgehead atoms. The number of benzene rings is 3. The van der Waals surface area contributed by atoms with Crippen LogP contribution in [0.1, 0.15) is 16.7 Å². The molecule has 2 unspecified atom stereocenters. The predicted molar refractivity (Wildman–Crippen MR) is 174 cm³/mol. The van der Waals surface area contributed by atoms with Gasteiger partial charge in [-0.05, 0) is 88.3 Å². The van der Waals surface area contributed by atoms with Gasteiger partial charge in [0.05, 0.1) is 28.6 Å². The Balaban J connectivity index is 1.24. The molecular formula is C36H22F2N6OS. The number of hydrogen-bond acceptors (Lipinski definition) is 6. The fourth-order valence-corrected chi connectivity index (χ4v) is 6.55. The molecule has 0 spiro atoms. The molecule has 0 radical (unpaired) electrons. The number of pyridine rings is 1. The fourth-order valence-electron chi connectivity index (χ4n) is 5.34. The number of rotatable bonds is 4. The number of aromatic nitrogens is 3. The summed E-state index contributed by atoms with van der Waals surface area (Å²) in [6, 6.07) is 21.7. The number of anilines is 2. The van der Waals surface area contributed by atoms with Gasteiger partial charge in [0.2, 0.25) is 5.91 Å². The maximum atomic E-state index is 13.8. The Kier molecular flexibility index (Phi) is 7.63. The Morgan fingerprint density at radius 1 is 0.870 bits per heavy atom. The highest BCUT2D eigenvalue weighted by Gasteiger charge is 2.36. The number of hydrogen-bond donors (Lipinski definition) is 2. The van der Waals surface area contributed by atoms with E-state index in [9.17, 15) is 18.8 Å². The van der Waals surface area contributed by atoms with E-state index in [2.05, 4.69) is 38.5 Å². The Hall–Kier alpha value is -5.97. The van der Waals surface area contributed by atoms with Crippen LogP contribution in [0.4, 0.5) is 20.2 Å². The summed E-state index contributed by atoms with van der Waals surface area (Å²) in [5, 5.41) is 18.2. The van der Waals surface area contributed by atoms with E-state index in [1.807, 2.05) is 23.6 Å². The van der Waals surface area contributed by atoms with Gasteiger partial charge in [-0.25, -0.2) is 18.7 Å². The van der Waals surface area contributed by atoms with Gasteiger partial charge < -0.3 is 10.6 Å². The summed E-state index contributed by atoms with van der Waals surface area (Å²) < 4.78 is 29.1. The van der Waals surface area contributed by atoms with E-state index in [4.69, 9.17) is 0 Å². The molecule has 46 heavy (non-hydrogen) atoms.